The molecule has 4 heteroatoms. The van der Waals surface area contributed by atoms with Gasteiger partial charge in [-0.05, 0) is 37.5 Å². The quantitative estimate of drug-likeness (QED) is 0.654. The summed E-state index contributed by atoms with van der Waals surface area (Å²) in [5.74, 6) is 0.992. The zero-order chi connectivity index (χ0) is 13.4. The third-order valence-electron chi connectivity index (χ3n) is 3.96. The Morgan fingerprint density at radius 1 is 1.39 bits per heavy atom. The number of aliphatic hydroxyl groups is 1. The number of amides is 2. The first kappa shape index (κ1) is 15.3. The van der Waals surface area contributed by atoms with Crippen LogP contribution in [0.25, 0.3) is 0 Å². The van der Waals surface area contributed by atoms with E-state index < -0.39 is 0 Å². The highest BCUT2D eigenvalue weighted by Crippen LogP contribution is 2.24. The van der Waals surface area contributed by atoms with Crippen LogP contribution in [0.15, 0.2) is 0 Å². The second-order valence-corrected chi connectivity index (χ2v) is 5.54. The highest BCUT2D eigenvalue weighted by Gasteiger charge is 2.24. The summed E-state index contributed by atoms with van der Waals surface area (Å²) >= 11 is 0. The van der Waals surface area contributed by atoms with E-state index in [-0.39, 0.29) is 12.6 Å². The van der Waals surface area contributed by atoms with Crippen LogP contribution in [0.5, 0.6) is 0 Å². The molecule has 0 saturated heterocycles. The van der Waals surface area contributed by atoms with Crippen LogP contribution in [-0.4, -0.2) is 30.3 Å². The molecular formula is C14H28N2O2. The van der Waals surface area contributed by atoms with Gasteiger partial charge in [0, 0.05) is 19.2 Å². The number of aliphatic hydroxyl groups excluding tert-OH is 1. The molecule has 0 heterocycles. The van der Waals surface area contributed by atoms with E-state index in [1.807, 2.05) is 0 Å². The van der Waals surface area contributed by atoms with Gasteiger partial charge >= 0.3 is 6.03 Å². The van der Waals surface area contributed by atoms with Gasteiger partial charge in [0.25, 0.3) is 0 Å². The van der Waals surface area contributed by atoms with Crippen LogP contribution in [-0.2, 0) is 0 Å². The third kappa shape index (κ3) is 5.25. The molecule has 0 aromatic rings. The van der Waals surface area contributed by atoms with Gasteiger partial charge in [0.15, 0.2) is 0 Å². The Morgan fingerprint density at radius 2 is 2.17 bits per heavy atom. The number of rotatable bonds is 7. The number of carbonyl (C=O) groups is 1. The van der Waals surface area contributed by atoms with E-state index in [4.69, 9.17) is 5.11 Å². The number of hydrogen-bond acceptors (Lipinski definition) is 2. The Labute approximate surface area is 111 Å². The first-order valence-corrected chi connectivity index (χ1v) is 7.32. The molecule has 106 valence electrons. The summed E-state index contributed by atoms with van der Waals surface area (Å²) in [7, 11) is 0. The van der Waals surface area contributed by atoms with Gasteiger partial charge in [-0.15, -0.1) is 0 Å². The summed E-state index contributed by atoms with van der Waals surface area (Å²) in [5, 5.41) is 15.0. The monoisotopic (exact) mass is 256 g/mol. The molecule has 1 saturated carbocycles. The lowest BCUT2D eigenvalue weighted by Gasteiger charge is -2.20. The fourth-order valence-corrected chi connectivity index (χ4v) is 2.76. The van der Waals surface area contributed by atoms with E-state index in [1.165, 1.54) is 12.8 Å². The lowest BCUT2D eigenvalue weighted by atomic mass is 10.0. The number of hydrogen-bond donors (Lipinski definition) is 3. The van der Waals surface area contributed by atoms with Crippen LogP contribution in [0, 0.1) is 11.8 Å². The maximum atomic E-state index is 11.8. The molecule has 1 rings (SSSR count). The number of carbonyl (C=O) groups excluding carboxylic acids is 1. The molecule has 18 heavy (non-hydrogen) atoms. The van der Waals surface area contributed by atoms with Crippen LogP contribution in [0.2, 0.25) is 0 Å². The van der Waals surface area contributed by atoms with E-state index in [0.29, 0.717) is 24.4 Å². The molecule has 0 aliphatic heterocycles. The van der Waals surface area contributed by atoms with Crippen molar-refractivity contribution < 1.29 is 9.90 Å². The Bertz CT molecular complexity index is 240. The maximum absolute atomic E-state index is 11.8. The fraction of sp³-hybridized carbons (Fsp3) is 0.929. The summed E-state index contributed by atoms with van der Waals surface area (Å²) in [6, 6.07) is 0.292. The van der Waals surface area contributed by atoms with Crippen LogP contribution in [0.4, 0.5) is 4.79 Å². The smallest absolute Gasteiger partial charge is 0.315 e. The Kier molecular flexibility index (Phi) is 7.09. The van der Waals surface area contributed by atoms with Crippen molar-refractivity contribution in [1.82, 2.24) is 10.6 Å². The standard InChI is InChI=1S/C14H28N2O2/c1-3-5-12(8-9-17)10-15-14(18)16-13-7-4-6-11(13)2/h11-13,17H,3-10H2,1-2H3,(H2,15,16,18). The second kappa shape index (κ2) is 8.35. The lowest BCUT2D eigenvalue weighted by molar-refractivity contribution is 0.224. The normalized spacial score (nSPS) is 24.8. The minimum absolute atomic E-state index is 0.0483. The molecule has 3 atom stereocenters. The number of nitrogens with one attached hydrogen (secondary N) is 2. The summed E-state index contributed by atoms with van der Waals surface area (Å²) in [6.07, 6.45) is 6.45. The molecule has 1 fully saturated rings. The predicted octanol–water partition coefficient (Wildman–Crippen LogP) is 2.27. The van der Waals surface area contributed by atoms with Gasteiger partial charge in [-0.1, -0.05) is 26.7 Å². The average Bonchev–Trinajstić information content (AvgIpc) is 2.73. The van der Waals surface area contributed by atoms with Crippen molar-refractivity contribution in [3.8, 4) is 0 Å². The van der Waals surface area contributed by atoms with Gasteiger partial charge in [-0.3, -0.25) is 0 Å². The van der Waals surface area contributed by atoms with Gasteiger partial charge in [0.1, 0.15) is 0 Å². The molecule has 0 spiro atoms. The van der Waals surface area contributed by atoms with Crippen LogP contribution >= 0.6 is 0 Å². The van der Waals surface area contributed by atoms with Crippen molar-refractivity contribution in [2.45, 2.75) is 58.4 Å². The molecule has 4 nitrogen and oxygen atoms in total. The lowest BCUT2D eigenvalue weighted by Crippen LogP contribution is -2.44. The van der Waals surface area contributed by atoms with Crippen molar-refractivity contribution in [3.05, 3.63) is 0 Å². The van der Waals surface area contributed by atoms with Gasteiger partial charge in [-0.2, -0.15) is 0 Å². The zero-order valence-electron chi connectivity index (χ0n) is 11.7. The van der Waals surface area contributed by atoms with Crippen molar-refractivity contribution in [3.63, 3.8) is 0 Å². The Hall–Kier alpha value is -0.770. The Morgan fingerprint density at radius 3 is 2.72 bits per heavy atom. The molecular weight excluding hydrogens is 228 g/mol. The van der Waals surface area contributed by atoms with Gasteiger partial charge in [0.05, 0.1) is 0 Å². The van der Waals surface area contributed by atoms with Gasteiger partial charge < -0.3 is 15.7 Å². The molecule has 3 unspecified atom stereocenters. The SMILES string of the molecule is CCCC(CCO)CNC(=O)NC1CCCC1C. The predicted molar refractivity (Wildman–Crippen MR) is 73.4 cm³/mol. The molecule has 0 radical (unpaired) electrons. The first-order chi connectivity index (χ1) is 8.67. The van der Waals surface area contributed by atoms with Crippen LogP contribution in [0.3, 0.4) is 0 Å². The minimum Gasteiger partial charge on any atom is -0.396 e. The van der Waals surface area contributed by atoms with Crippen molar-refractivity contribution >= 4 is 6.03 Å². The van der Waals surface area contributed by atoms with Gasteiger partial charge in [0.2, 0.25) is 0 Å². The van der Waals surface area contributed by atoms with Gasteiger partial charge in [-0.25, -0.2) is 4.79 Å². The van der Waals surface area contributed by atoms with E-state index in [1.54, 1.807) is 0 Å². The van der Waals surface area contributed by atoms with Crippen molar-refractivity contribution in [2.24, 2.45) is 11.8 Å². The van der Waals surface area contributed by atoms with E-state index in [9.17, 15) is 4.79 Å². The fourth-order valence-electron chi connectivity index (χ4n) is 2.76. The van der Waals surface area contributed by atoms with E-state index in [0.717, 1.165) is 25.7 Å². The summed E-state index contributed by atoms with van der Waals surface area (Å²) < 4.78 is 0. The highest BCUT2D eigenvalue weighted by atomic mass is 16.3. The molecule has 0 aromatic carbocycles. The molecule has 3 N–H and O–H groups in total. The molecule has 0 aromatic heterocycles. The molecule has 2 amide bonds. The summed E-state index contributed by atoms with van der Waals surface area (Å²) in [5.41, 5.74) is 0. The topological polar surface area (TPSA) is 61.4 Å². The molecule has 1 aliphatic carbocycles. The third-order valence-corrected chi connectivity index (χ3v) is 3.96. The average molecular weight is 256 g/mol. The van der Waals surface area contributed by atoms with Crippen LogP contribution < -0.4 is 10.6 Å². The Balaban J connectivity index is 2.22. The minimum atomic E-state index is -0.0483. The largest absolute Gasteiger partial charge is 0.396 e. The maximum Gasteiger partial charge on any atom is 0.315 e. The van der Waals surface area contributed by atoms with Crippen LogP contribution in [0.1, 0.15) is 52.4 Å². The summed E-state index contributed by atoms with van der Waals surface area (Å²) in [4.78, 5) is 11.8. The second-order valence-electron chi connectivity index (χ2n) is 5.54. The molecule has 0 bridgehead atoms. The number of urea groups is 1. The zero-order valence-corrected chi connectivity index (χ0v) is 11.7. The summed E-state index contributed by atoms with van der Waals surface area (Å²) in [6.45, 7) is 5.20. The van der Waals surface area contributed by atoms with E-state index in [2.05, 4.69) is 24.5 Å². The first-order valence-electron chi connectivity index (χ1n) is 7.32. The van der Waals surface area contributed by atoms with Crippen molar-refractivity contribution in [1.29, 1.82) is 0 Å². The van der Waals surface area contributed by atoms with Crippen molar-refractivity contribution in [2.75, 3.05) is 13.2 Å². The van der Waals surface area contributed by atoms with E-state index >= 15 is 0 Å². The molecule has 1 aliphatic rings. The highest BCUT2D eigenvalue weighted by molar-refractivity contribution is 5.74.